The van der Waals surface area contributed by atoms with Gasteiger partial charge >= 0.3 is 0 Å². The molecule has 4 aromatic rings. The molecule has 0 N–H and O–H groups in total. The molecule has 148 valence electrons. The molecule has 0 saturated heterocycles. The fourth-order valence-electron chi connectivity index (χ4n) is 3.60. The molecule has 2 aromatic carbocycles. The zero-order valence-corrected chi connectivity index (χ0v) is 16.2. The number of fused-ring (bicyclic) bond motifs is 1. The molecule has 0 bridgehead atoms. The van der Waals surface area contributed by atoms with E-state index < -0.39 is 0 Å². The minimum absolute atomic E-state index is 0.191. The fraction of sp³-hybridized carbons (Fsp3) is 0.130. The normalized spacial score (nSPS) is 16.0. The molecule has 1 aliphatic heterocycles. The summed E-state index contributed by atoms with van der Waals surface area (Å²) < 4.78 is 10.7. The largest absolute Gasteiger partial charge is 0.497 e. The Hall–Kier alpha value is -4.00. The number of hydrogen-bond acceptors (Lipinski definition) is 6. The molecule has 1 atom stereocenters. The molecule has 7 nitrogen and oxygen atoms in total. The van der Waals surface area contributed by atoms with E-state index in [4.69, 9.17) is 9.15 Å². The third-order valence-corrected chi connectivity index (χ3v) is 5.14. The second-order valence-corrected chi connectivity index (χ2v) is 6.93. The first-order valence-corrected chi connectivity index (χ1v) is 9.52. The molecular weight excluding hydrogens is 380 g/mol. The van der Waals surface area contributed by atoms with E-state index in [-0.39, 0.29) is 11.9 Å². The summed E-state index contributed by atoms with van der Waals surface area (Å²) >= 11 is 0. The van der Waals surface area contributed by atoms with Gasteiger partial charge in [0, 0.05) is 24.4 Å². The molecule has 5 rings (SSSR count). The summed E-state index contributed by atoms with van der Waals surface area (Å²) in [4.78, 5) is 22.0. The van der Waals surface area contributed by atoms with E-state index in [1.807, 2.05) is 30.3 Å². The summed E-state index contributed by atoms with van der Waals surface area (Å²) in [5, 5.41) is 6.15. The monoisotopic (exact) mass is 398 g/mol. The van der Waals surface area contributed by atoms with E-state index in [9.17, 15) is 4.79 Å². The van der Waals surface area contributed by atoms with E-state index in [0.29, 0.717) is 23.5 Å². The molecular formula is C23H18N4O3. The van der Waals surface area contributed by atoms with Crippen molar-refractivity contribution in [1.82, 2.24) is 15.0 Å². The third kappa shape index (κ3) is 3.20. The number of nitrogens with zero attached hydrogens (tertiary/aromatic N) is 4. The van der Waals surface area contributed by atoms with Gasteiger partial charge in [-0.25, -0.2) is 5.01 Å². The van der Waals surface area contributed by atoms with Crippen LogP contribution in [0.1, 0.15) is 34.1 Å². The van der Waals surface area contributed by atoms with Crippen molar-refractivity contribution in [3.8, 4) is 5.75 Å². The molecule has 30 heavy (non-hydrogen) atoms. The molecule has 3 heterocycles. The quantitative estimate of drug-likeness (QED) is 0.514. The molecule has 0 aliphatic carbocycles. The van der Waals surface area contributed by atoms with Gasteiger partial charge in [-0.2, -0.15) is 5.10 Å². The molecule has 1 amide bonds. The van der Waals surface area contributed by atoms with Crippen LogP contribution in [0.5, 0.6) is 5.75 Å². The summed E-state index contributed by atoms with van der Waals surface area (Å²) in [6.45, 7) is 0. The number of carbonyl (C=O) groups is 1. The Balaban J connectivity index is 1.54. The Morgan fingerprint density at radius 1 is 1.07 bits per heavy atom. The molecule has 0 saturated carbocycles. The Morgan fingerprint density at radius 2 is 1.87 bits per heavy atom. The van der Waals surface area contributed by atoms with Gasteiger partial charge in [-0.05, 0) is 54.1 Å². The lowest BCUT2D eigenvalue weighted by Crippen LogP contribution is -2.27. The van der Waals surface area contributed by atoms with E-state index in [1.165, 1.54) is 5.01 Å². The van der Waals surface area contributed by atoms with Crippen molar-refractivity contribution in [2.24, 2.45) is 5.10 Å². The summed E-state index contributed by atoms with van der Waals surface area (Å²) in [6, 6.07) is 16.2. The molecule has 0 unspecified atom stereocenters. The highest BCUT2D eigenvalue weighted by Gasteiger charge is 2.34. The van der Waals surface area contributed by atoms with Gasteiger partial charge in [-0.15, -0.1) is 0 Å². The van der Waals surface area contributed by atoms with Crippen LogP contribution in [0.3, 0.4) is 0 Å². The van der Waals surface area contributed by atoms with Gasteiger partial charge in [0.25, 0.3) is 5.91 Å². The summed E-state index contributed by atoms with van der Waals surface area (Å²) in [7, 11) is 1.59. The first-order chi connectivity index (χ1) is 14.7. The molecule has 0 fully saturated rings. The highest BCUT2D eigenvalue weighted by Crippen LogP contribution is 2.35. The first kappa shape index (κ1) is 18.1. The van der Waals surface area contributed by atoms with E-state index >= 15 is 0 Å². The topological polar surface area (TPSA) is 80.8 Å². The van der Waals surface area contributed by atoms with Gasteiger partial charge in [-0.3, -0.25) is 14.8 Å². The lowest BCUT2D eigenvalue weighted by Gasteiger charge is -2.22. The highest BCUT2D eigenvalue weighted by atomic mass is 16.5. The second-order valence-electron chi connectivity index (χ2n) is 6.93. The molecule has 0 radical (unpaired) electrons. The van der Waals surface area contributed by atoms with Gasteiger partial charge in [-0.1, -0.05) is 6.07 Å². The van der Waals surface area contributed by atoms with Crippen molar-refractivity contribution < 1.29 is 13.9 Å². The zero-order chi connectivity index (χ0) is 20.5. The first-order valence-electron chi connectivity index (χ1n) is 9.52. The van der Waals surface area contributed by atoms with Crippen LogP contribution in [-0.4, -0.2) is 33.7 Å². The van der Waals surface area contributed by atoms with E-state index in [0.717, 1.165) is 22.3 Å². The Morgan fingerprint density at radius 3 is 2.60 bits per heavy atom. The lowest BCUT2D eigenvalue weighted by atomic mass is 9.99. The van der Waals surface area contributed by atoms with E-state index in [2.05, 4.69) is 15.1 Å². The number of ether oxygens (including phenoxy) is 1. The van der Waals surface area contributed by atoms with Crippen LogP contribution in [0.2, 0.25) is 0 Å². The lowest BCUT2D eigenvalue weighted by molar-refractivity contribution is 0.0711. The van der Waals surface area contributed by atoms with Crippen molar-refractivity contribution >= 4 is 22.7 Å². The van der Waals surface area contributed by atoms with Crippen LogP contribution < -0.4 is 4.74 Å². The minimum Gasteiger partial charge on any atom is -0.497 e. The minimum atomic E-state index is -0.272. The fourth-order valence-corrected chi connectivity index (χ4v) is 3.60. The second kappa shape index (κ2) is 7.44. The van der Waals surface area contributed by atoms with Gasteiger partial charge < -0.3 is 9.15 Å². The van der Waals surface area contributed by atoms with Crippen molar-refractivity contribution in [1.29, 1.82) is 0 Å². The SMILES string of the molecule is COc1ccc(C(=O)N2N=C(c3ccco3)C[C@@H]2c2ccc3nccnc3c2)cc1. The smallest absolute Gasteiger partial charge is 0.274 e. The maximum atomic E-state index is 13.3. The summed E-state index contributed by atoms with van der Waals surface area (Å²) in [6.07, 6.45) is 5.47. The number of furan rings is 1. The number of hydrazone groups is 1. The van der Waals surface area contributed by atoms with Gasteiger partial charge in [0.1, 0.15) is 17.2 Å². The van der Waals surface area contributed by atoms with Gasteiger partial charge in [0.2, 0.25) is 0 Å². The Bertz CT molecular complexity index is 1230. The number of methoxy groups -OCH3 is 1. The third-order valence-electron chi connectivity index (χ3n) is 5.14. The maximum Gasteiger partial charge on any atom is 0.274 e. The van der Waals surface area contributed by atoms with Gasteiger partial charge in [0.05, 0.1) is 30.4 Å². The summed E-state index contributed by atoms with van der Waals surface area (Å²) in [5.41, 5.74) is 3.78. The highest BCUT2D eigenvalue weighted by molar-refractivity contribution is 6.03. The van der Waals surface area contributed by atoms with Crippen molar-refractivity contribution in [2.75, 3.05) is 7.11 Å². The average Bonchev–Trinajstić information content (AvgIpc) is 3.48. The van der Waals surface area contributed by atoms with Crippen molar-refractivity contribution in [3.05, 3.63) is 90.1 Å². The molecule has 1 aliphatic rings. The van der Waals surface area contributed by atoms with Crippen LogP contribution in [0, 0.1) is 0 Å². The van der Waals surface area contributed by atoms with Crippen molar-refractivity contribution in [2.45, 2.75) is 12.5 Å². The number of hydrogen-bond donors (Lipinski definition) is 0. The molecule has 7 heteroatoms. The standard InChI is InChI=1S/C23H18N4O3/c1-29-17-7-4-15(5-8-17)23(28)27-21(14-20(26-27)22-3-2-12-30-22)16-6-9-18-19(13-16)25-11-10-24-18/h2-13,21H,14H2,1H3/t21-/m1/s1. The molecule has 2 aromatic heterocycles. The van der Waals surface area contributed by atoms with Crippen LogP contribution in [0.25, 0.3) is 11.0 Å². The van der Waals surface area contributed by atoms with Gasteiger partial charge in [0.15, 0.2) is 0 Å². The van der Waals surface area contributed by atoms with Crippen LogP contribution >= 0.6 is 0 Å². The van der Waals surface area contributed by atoms with Crippen LogP contribution in [0.15, 0.2) is 82.8 Å². The number of rotatable bonds is 4. The number of amides is 1. The van der Waals surface area contributed by atoms with Crippen molar-refractivity contribution in [3.63, 3.8) is 0 Å². The predicted octanol–water partition coefficient (Wildman–Crippen LogP) is 4.22. The summed E-state index contributed by atoms with van der Waals surface area (Å²) in [5.74, 6) is 1.16. The maximum absolute atomic E-state index is 13.3. The van der Waals surface area contributed by atoms with Crippen LogP contribution in [0.4, 0.5) is 0 Å². The Labute approximate surface area is 172 Å². The molecule has 0 spiro atoms. The average molecular weight is 398 g/mol. The number of carbonyl (C=O) groups excluding carboxylic acids is 1. The van der Waals surface area contributed by atoms with E-state index in [1.54, 1.807) is 50.0 Å². The Kier molecular flexibility index (Phi) is 4.48. The number of benzene rings is 2. The number of aromatic nitrogens is 2. The zero-order valence-electron chi connectivity index (χ0n) is 16.2. The van der Waals surface area contributed by atoms with Crippen LogP contribution in [-0.2, 0) is 0 Å². The predicted molar refractivity (Wildman–Crippen MR) is 111 cm³/mol.